The fourth-order valence-electron chi connectivity index (χ4n) is 0.941. The molecule has 0 saturated carbocycles. The molecule has 0 aromatic carbocycles. The maximum atomic E-state index is 5.97. The second kappa shape index (κ2) is 5.38. The van der Waals surface area contributed by atoms with Crippen molar-refractivity contribution in [2.45, 2.75) is 34.1 Å². The van der Waals surface area contributed by atoms with E-state index in [1.807, 2.05) is 0 Å². The van der Waals surface area contributed by atoms with Crippen LogP contribution in [0.3, 0.4) is 0 Å². The fraction of sp³-hybridized carbons (Fsp3) is 0.800. The molecule has 0 unspecified atom stereocenters. The molecule has 0 radical (unpaired) electrons. The molecule has 3 heteroatoms. The third kappa shape index (κ3) is 4.41. The molecule has 2 nitrogen and oxygen atoms in total. The molecule has 0 aromatic heterocycles. The Morgan fingerprint density at radius 2 is 1.85 bits per heavy atom. The van der Waals surface area contributed by atoms with Crippen LogP contribution >= 0.6 is 11.6 Å². The Bertz CT molecular complexity index is 211. The summed E-state index contributed by atoms with van der Waals surface area (Å²) in [6, 6.07) is 0. The van der Waals surface area contributed by atoms with Crippen molar-refractivity contribution in [1.29, 1.82) is 0 Å². The summed E-state index contributed by atoms with van der Waals surface area (Å²) in [5.74, 6) is 0. The Morgan fingerprint density at radius 3 is 2.15 bits per heavy atom. The Kier molecular flexibility index (Phi) is 5.23. The molecular formula is C10H19ClN2. The number of hydrogen-bond donors (Lipinski definition) is 0. The zero-order chi connectivity index (χ0) is 10.5. The quantitative estimate of drug-likeness (QED) is 0.629. The zero-order valence-electron chi connectivity index (χ0n) is 9.19. The van der Waals surface area contributed by atoms with Crippen LogP contribution < -0.4 is 0 Å². The molecule has 0 aliphatic rings. The highest BCUT2D eigenvalue weighted by Crippen LogP contribution is 2.18. The molecule has 0 fully saturated rings. The van der Waals surface area contributed by atoms with Crippen LogP contribution in [0.2, 0.25) is 0 Å². The highest BCUT2D eigenvalue weighted by atomic mass is 35.5. The van der Waals surface area contributed by atoms with Gasteiger partial charge in [-0.1, -0.05) is 39.3 Å². The lowest BCUT2D eigenvalue weighted by Gasteiger charge is -2.20. The van der Waals surface area contributed by atoms with E-state index in [0.717, 1.165) is 18.7 Å². The van der Waals surface area contributed by atoms with Gasteiger partial charge < -0.3 is 0 Å². The summed E-state index contributed by atoms with van der Waals surface area (Å²) in [7, 11) is 1.69. The molecule has 0 aromatic rings. The molecule has 0 heterocycles. The van der Waals surface area contributed by atoms with Crippen molar-refractivity contribution in [3.05, 3.63) is 0 Å². The minimum Gasteiger partial charge on any atom is -0.286 e. The molecule has 76 valence electrons. The number of rotatable bonds is 3. The maximum absolute atomic E-state index is 5.97. The van der Waals surface area contributed by atoms with Gasteiger partial charge in [0, 0.05) is 19.0 Å². The average molecular weight is 203 g/mol. The van der Waals surface area contributed by atoms with E-state index < -0.39 is 0 Å². The summed E-state index contributed by atoms with van der Waals surface area (Å²) in [5.41, 5.74) is 0.879. The van der Waals surface area contributed by atoms with Gasteiger partial charge in [0.25, 0.3) is 0 Å². The van der Waals surface area contributed by atoms with Gasteiger partial charge in [-0.25, -0.2) is 0 Å². The number of hydrogen-bond acceptors (Lipinski definition) is 2. The Labute approximate surface area is 86.1 Å². The van der Waals surface area contributed by atoms with Gasteiger partial charge in [0.1, 0.15) is 5.17 Å². The van der Waals surface area contributed by atoms with Crippen molar-refractivity contribution in [2.75, 3.05) is 13.6 Å². The van der Waals surface area contributed by atoms with Crippen LogP contribution in [0.5, 0.6) is 0 Å². The van der Waals surface area contributed by atoms with Gasteiger partial charge in [0.05, 0.1) is 5.71 Å². The number of aliphatic imine (C=N–C) groups is 2. The summed E-state index contributed by atoms with van der Waals surface area (Å²) in [6.45, 7) is 9.19. The lowest BCUT2D eigenvalue weighted by Crippen LogP contribution is -2.26. The summed E-state index contributed by atoms with van der Waals surface area (Å²) < 4.78 is 0. The third-order valence-electron chi connectivity index (χ3n) is 1.60. The first kappa shape index (κ1) is 12.6. The van der Waals surface area contributed by atoms with Gasteiger partial charge in [-0.3, -0.25) is 9.98 Å². The van der Waals surface area contributed by atoms with Gasteiger partial charge in [-0.05, 0) is 6.42 Å². The van der Waals surface area contributed by atoms with Crippen LogP contribution in [-0.2, 0) is 0 Å². The second-order valence-electron chi connectivity index (χ2n) is 3.99. The van der Waals surface area contributed by atoms with Crippen molar-refractivity contribution >= 4 is 22.5 Å². The van der Waals surface area contributed by atoms with E-state index in [-0.39, 0.29) is 5.41 Å². The van der Waals surface area contributed by atoms with E-state index in [1.54, 1.807) is 7.05 Å². The summed E-state index contributed by atoms with van der Waals surface area (Å²) in [5, 5.41) is 0.529. The number of nitrogens with zero attached hydrogens (tertiary/aromatic N) is 2. The smallest absolute Gasteiger partial charge is 0.145 e. The molecule has 0 N–H and O–H groups in total. The molecule has 0 aliphatic heterocycles. The van der Waals surface area contributed by atoms with Crippen LogP contribution in [0.4, 0.5) is 0 Å². The normalized spacial score (nSPS) is 14.9. The molecule has 0 aliphatic carbocycles. The number of halogens is 1. The minimum atomic E-state index is -0.0221. The maximum Gasteiger partial charge on any atom is 0.145 e. The van der Waals surface area contributed by atoms with Crippen molar-refractivity contribution in [3.8, 4) is 0 Å². The largest absolute Gasteiger partial charge is 0.286 e. The van der Waals surface area contributed by atoms with Crippen LogP contribution in [0.1, 0.15) is 34.1 Å². The Morgan fingerprint density at radius 1 is 1.31 bits per heavy atom. The van der Waals surface area contributed by atoms with E-state index in [1.165, 1.54) is 0 Å². The lowest BCUT2D eigenvalue weighted by molar-refractivity contribution is 0.594. The van der Waals surface area contributed by atoms with Gasteiger partial charge >= 0.3 is 0 Å². The minimum absolute atomic E-state index is 0.0221. The van der Waals surface area contributed by atoms with Gasteiger partial charge in [0.2, 0.25) is 0 Å². The molecule has 0 atom stereocenters. The summed E-state index contributed by atoms with van der Waals surface area (Å²) in [4.78, 5) is 8.40. The van der Waals surface area contributed by atoms with Crippen molar-refractivity contribution in [2.24, 2.45) is 15.4 Å². The van der Waals surface area contributed by atoms with E-state index in [4.69, 9.17) is 11.6 Å². The Hall–Kier alpha value is -0.370. The zero-order valence-corrected chi connectivity index (χ0v) is 9.94. The second-order valence-corrected chi connectivity index (χ2v) is 4.35. The van der Waals surface area contributed by atoms with Crippen LogP contribution in [-0.4, -0.2) is 24.5 Å². The fourth-order valence-corrected chi connectivity index (χ4v) is 1.28. The molecule has 0 amide bonds. The van der Waals surface area contributed by atoms with Gasteiger partial charge in [0.15, 0.2) is 0 Å². The topological polar surface area (TPSA) is 24.7 Å². The van der Waals surface area contributed by atoms with Crippen molar-refractivity contribution in [3.63, 3.8) is 0 Å². The van der Waals surface area contributed by atoms with Crippen molar-refractivity contribution < 1.29 is 0 Å². The molecule has 0 saturated heterocycles. The van der Waals surface area contributed by atoms with Crippen LogP contribution in [0.15, 0.2) is 9.98 Å². The van der Waals surface area contributed by atoms with Gasteiger partial charge in [-0.15, -0.1) is 0 Å². The lowest BCUT2D eigenvalue weighted by atomic mass is 9.90. The molecule has 0 rings (SSSR count). The molecule has 13 heavy (non-hydrogen) atoms. The average Bonchev–Trinajstić information content (AvgIpc) is 2.02. The van der Waals surface area contributed by atoms with E-state index in [0.29, 0.717) is 5.17 Å². The van der Waals surface area contributed by atoms with E-state index >= 15 is 0 Å². The van der Waals surface area contributed by atoms with Crippen LogP contribution in [0, 0.1) is 5.41 Å². The first-order chi connectivity index (χ1) is 5.93. The van der Waals surface area contributed by atoms with E-state index in [2.05, 4.69) is 37.7 Å². The monoisotopic (exact) mass is 202 g/mol. The van der Waals surface area contributed by atoms with E-state index in [9.17, 15) is 0 Å². The Balaban J connectivity index is 4.77. The van der Waals surface area contributed by atoms with Gasteiger partial charge in [-0.2, -0.15) is 0 Å². The third-order valence-corrected chi connectivity index (χ3v) is 1.94. The SMILES string of the molecule is CCCN=C(C(Cl)=NC)C(C)(C)C. The molecule has 0 spiro atoms. The summed E-state index contributed by atoms with van der Waals surface area (Å²) in [6.07, 6.45) is 1.04. The standard InChI is InChI=1S/C10H19ClN2/c1-6-7-13-8(9(11)12-5)10(2,3)4/h6-7H2,1-5H3. The first-order valence-corrected chi connectivity index (χ1v) is 4.98. The predicted octanol–water partition coefficient (Wildman–Crippen LogP) is 3.15. The van der Waals surface area contributed by atoms with Crippen molar-refractivity contribution in [1.82, 2.24) is 0 Å². The highest BCUT2D eigenvalue weighted by Gasteiger charge is 2.21. The highest BCUT2D eigenvalue weighted by molar-refractivity contribution is 6.84. The predicted molar refractivity (Wildman–Crippen MR) is 61.3 cm³/mol. The molecular weight excluding hydrogens is 184 g/mol. The summed E-state index contributed by atoms with van der Waals surface area (Å²) >= 11 is 5.97. The molecule has 0 bridgehead atoms. The first-order valence-electron chi connectivity index (χ1n) is 4.61. The van der Waals surface area contributed by atoms with Crippen LogP contribution in [0.25, 0.3) is 0 Å².